The van der Waals surface area contributed by atoms with Crippen LogP contribution in [0.1, 0.15) is 11.6 Å². The number of halogens is 1. The van der Waals surface area contributed by atoms with Crippen molar-refractivity contribution in [3.63, 3.8) is 0 Å². The van der Waals surface area contributed by atoms with Gasteiger partial charge in [-0.2, -0.15) is 0 Å². The Morgan fingerprint density at radius 3 is 3.07 bits per heavy atom. The molecule has 1 heterocycles. The van der Waals surface area contributed by atoms with Crippen LogP contribution in [-0.2, 0) is 4.74 Å². The van der Waals surface area contributed by atoms with E-state index in [0.717, 1.165) is 18.7 Å². The first-order chi connectivity index (χ1) is 6.79. The maximum Gasteiger partial charge on any atom is 0.139 e. The van der Waals surface area contributed by atoms with E-state index in [1.165, 1.54) is 0 Å². The van der Waals surface area contributed by atoms with E-state index < -0.39 is 0 Å². The van der Waals surface area contributed by atoms with Crippen molar-refractivity contribution in [1.29, 1.82) is 0 Å². The lowest BCUT2D eigenvalue weighted by Crippen LogP contribution is -2.34. The van der Waals surface area contributed by atoms with E-state index >= 15 is 0 Å². The first-order valence-corrected chi connectivity index (χ1v) is 4.95. The van der Waals surface area contributed by atoms with Crippen molar-refractivity contribution in [2.75, 3.05) is 19.8 Å². The van der Waals surface area contributed by atoms with Gasteiger partial charge in [-0.3, -0.25) is 0 Å². The molecule has 0 radical (unpaired) electrons. The van der Waals surface area contributed by atoms with Crippen molar-refractivity contribution in [2.24, 2.45) is 0 Å². The quantitative estimate of drug-likeness (QED) is 0.746. The van der Waals surface area contributed by atoms with E-state index in [1.807, 2.05) is 12.1 Å². The normalized spacial score (nSPS) is 22.2. The van der Waals surface area contributed by atoms with Gasteiger partial charge in [0.15, 0.2) is 0 Å². The van der Waals surface area contributed by atoms with Gasteiger partial charge < -0.3 is 15.2 Å². The summed E-state index contributed by atoms with van der Waals surface area (Å²) in [6, 6.07) is 5.40. The zero-order valence-electron chi connectivity index (χ0n) is 7.66. The third-order valence-corrected chi connectivity index (χ3v) is 2.62. The third-order valence-electron chi connectivity index (χ3n) is 2.32. The van der Waals surface area contributed by atoms with Gasteiger partial charge in [0.2, 0.25) is 0 Å². The third kappa shape index (κ3) is 1.85. The predicted molar refractivity (Wildman–Crippen MR) is 54.7 cm³/mol. The molecule has 14 heavy (non-hydrogen) atoms. The number of ether oxygens (including phenoxy) is 1. The summed E-state index contributed by atoms with van der Waals surface area (Å²) in [7, 11) is 0. The Hall–Kier alpha value is -0.770. The summed E-state index contributed by atoms with van der Waals surface area (Å²) in [4.78, 5) is 0. The number of morpholine rings is 1. The van der Waals surface area contributed by atoms with E-state index in [1.54, 1.807) is 6.07 Å². The van der Waals surface area contributed by atoms with Crippen LogP contribution in [0.25, 0.3) is 0 Å². The predicted octanol–water partition coefficient (Wildman–Crippen LogP) is 1.71. The van der Waals surface area contributed by atoms with Crippen LogP contribution >= 0.6 is 11.6 Å². The van der Waals surface area contributed by atoms with Crippen LogP contribution in [0, 0.1) is 0 Å². The van der Waals surface area contributed by atoms with Crippen LogP contribution in [-0.4, -0.2) is 24.9 Å². The molecule has 76 valence electrons. The Kier molecular flexibility index (Phi) is 2.91. The molecule has 1 saturated heterocycles. The molecule has 0 spiro atoms. The summed E-state index contributed by atoms with van der Waals surface area (Å²) < 4.78 is 5.31. The molecule has 1 unspecified atom stereocenters. The molecule has 0 amide bonds. The highest BCUT2D eigenvalue weighted by Crippen LogP contribution is 2.31. The van der Waals surface area contributed by atoms with Gasteiger partial charge >= 0.3 is 0 Å². The van der Waals surface area contributed by atoms with Crippen molar-refractivity contribution in [1.82, 2.24) is 5.32 Å². The largest absolute Gasteiger partial charge is 0.506 e. The topological polar surface area (TPSA) is 41.5 Å². The summed E-state index contributed by atoms with van der Waals surface area (Å²) in [5, 5.41) is 13.4. The van der Waals surface area contributed by atoms with Crippen LogP contribution in [0.2, 0.25) is 5.02 Å². The zero-order chi connectivity index (χ0) is 9.97. The zero-order valence-corrected chi connectivity index (χ0v) is 8.42. The summed E-state index contributed by atoms with van der Waals surface area (Å²) in [5.41, 5.74) is 0.803. The van der Waals surface area contributed by atoms with Gasteiger partial charge in [-0.25, -0.2) is 0 Å². The number of benzene rings is 1. The number of hydrogen-bond acceptors (Lipinski definition) is 3. The van der Waals surface area contributed by atoms with Gasteiger partial charge in [0.05, 0.1) is 24.3 Å². The molecule has 2 N–H and O–H groups in total. The monoisotopic (exact) mass is 213 g/mol. The highest BCUT2D eigenvalue weighted by molar-refractivity contribution is 6.32. The van der Waals surface area contributed by atoms with Gasteiger partial charge in [-0.1, -0.05) is 23.7 Å². The van der Waals surface area contributed by atoms with Crippen molar-refractivity contribution in [3.05, 3.63) is 28.8 Å². The molecule has 1 aromatic carbocycles. The molecular formula is C10H12ClNO2. The summed E-state index contributed by atoms with van der Waals surface area (Å²) in [5.74, 6) is 0.150. The van der Waals surface area contributed by atoms with Gasteiger partial charge in [-0.05, 0) is 6.07 Å². The SMILES string of the molecule is Oc1c(Cl)cccc1C1COCCN1. The molecule has 0 saturated carbocycles. The minimum Gasteiger partial charge on any atom is -0.506 e. The molecule has 1 atom stereocenters. The van der Waals surface area contributed by atoms with Crippen molar-refractivity contribution < 1.29 is 9.84 Å². The molecule has 0 aliphatic carbocycles. The van der Waals surface area contributed by atoms with Crippen LogP contribution in [0.15, 0.2) is 18.2 Å². The lowest BCUT2D eigenvalue weighted by molar-refractivity contribution is 0.0761. The number of hydrogen-bond donors (Lipinski definition) is 2. The van der Waals surface area contributed by atoms with Crippen molar-refractivity contribution in [3.8, 4) is 5.75 Å². The number of rotatable bonds is 1. The van der Waals surface area contributed by atoms with E-state index in [9.17, 15) is 5.11 Å². The van der Waals surface area contributed by atoms with Gasteiger partial charge in [-0.15, -0.1) is 0 Å². The smallest absolute Gasteiger partial charge is 0.139 e. The second kappa shape index (κ2) is 4.17. The second-order valence-corrected chi connectivity index (χ2v) is 3.67. The first-order valence-electron chi connectivity index (χ1n) is 4.57. The van der Waals surface area contributed by atoms with E-state index in [4.69, 9.17) is 16.3 Å². The average molecular weight is 214 g/mol. The molecule has 0 aromatic heterocycles. The molecule has 4 heteroatoms. The van der Waals surface area contributed by atoms with Crippen LogP contribution in [0.5, 0.6) is 5.75 Å². The fourth-order valence-corrected chi connectivity index (χ4v) is 1.76. The molecule has 1 aliphatic rings. The van der Waals surface area contributed by atoms with Crippen molar-refractivity contribution >= 4 is 11.6 Å². The summed E-state index contributed by atoms with van der Waals surface area (Å²) in [6.07, 6.45) is 0. The summed E-state index contributed by atoms with van der Waals surface area (Å²) >= 11 is 5.81. The molecule has 3 nitrogen and oxygen atoms in total. The van der Waals surface area contributed by atoms with Crippen LogP contribution < -0.4 is 5.32 Å². The lowest BCUT2D eigenvalue weighted by Gasteiger charge is -2.24. The fraction of sp³-hybridized carbons (Fsp3) is 0.400. The highest BCUT2D eigenvalue weighted by atomic mass is 35.5. The molecular weight excluding hydrogens is 202 g/mol. The Morgan fingerprint density at radius 1 is 1.50 bits per heavy atom. The van der Waals surface area contributed by atoms with Gasteiger partial charge in [0.25, 0.3) is 0 Å². The number of aromatic hydroxyl groups is 1. The standard InChI is InChI=1S/C10H12ClNO2/c11-8-3-1-2-7(10(8)13)9-6-14-5-4-12-9/h1-3,9,12-13H,4-6H2. The van der Waals surface area contributed by atoms with E-state index in [-0.39, 0.29) is 11.8 Å². The Labute approximate surface area is 87.6 Å². The van der Waals surface area contributed by atoms with E-state index in [0.29, 0.717) is 11.6 Å². The molecule has 1 fully saturated rings. The lowest BCUT2D eigenvalue weighted by atomic mass is 10.1. The van der Waals surface area contributed by atoms with Crippen LogP contribution in [0.3, 0.4) is 0 Å². The van der Waals surface area contributed by atoms with Crippen LogP contribution in [0.4, 0.5) is 0 Å². The number of para-hydroxylation sites is 1. The Balaban J connectivity index is 2.26. The molecule has 2 rings (SSSR count). The minimum absolute atomic E-state index is 0.0439. The first kappa shape index (κ1) is 9.77. The number of nitrogens with one attached hydrogen (secondary N) is 1. The molecule has 1 aromatic rings. The van der Waals surface area contributed by atoms with E-state index in [2.05, 4.69) is 5.32 Å². The molecule has 1 aliphatic heterocycles. The van der Waals surface area contributed by atoms with Gasteiger partial charge in [0.1, 0.15) is 5.75 Å². The fourth-order valence-electron chi connectivity index (χ4n) is 1.58. The average Bonchev–Trinajstić information content (AvgIpc) is 2.23. The minimum atomic E-state index is 0.0439. The van der Waals surface area contributed by atoms with Crippen molar-refractivity contribution in [2.45, 2.75) is 6.04 Å². The maximum atomic E-state index is 9.72. The van der Waals surface area contributed by atoms with Gasteiger partial charge in [0, 0.05) is 12.1 Å². The number of phenolic OH excluding ortho intramolecular Hbond substituents is 1. The molecule has 0 bridgehead atoms. The summed E-state index contributed by atoms with van der Waals surface area (Å²) in [6.45, 7) is 2.10. The second-order valence-electron chi connectivity index (χ2n) is 3.26. The number of phenols is 1. The maximum absolute atomic E-state index is 9.72. The highest BCUT2D eigenvalue weighted by Gasteiger charge is 2.19. The Bertz CT molecular complexity index is 324. The Morgan fingerprint density at radius 2 is 2.36 bits per heavy atom.